The minimum atomic E-state index is -0.401. The van der Waals surface area contributed by atoms with Gasteiger partial charge in [-0.1, -0.05) is 6.92 Å². The SMILES string of the molecule is CC(N)C(=O)NC1CCN(C)CC1C. The summed E-state index contributed by atoms with van der Waals surface area (Å²) in [6, 6.07) is -0.105. The third kappa shape index (κ3) is 2.96. The van der Waals surface area contributed by atoms with E-state index in [2.05, 4.69) is 24.2 Å². The van der Waals surface area contributed by atoms with E-state index in [1.165, 1.54) is 0 Å². The Bertz CT molecular complexity index is 206. The van der Waals surface area contributed by atoms with Crippen molar-refractivity contribution in [1.82, 2.24) is 10.2 Å². The molecule has 0 aliphatic carbocycles. The molecule has 1 saturated heterocycles. The van der Waals surface area contributed by atoms with E-state index in [0.717, 1.165) is 19.5 Å². The molecule has 1 aliphatic rings. The van der Waals surface area contributed by atoms with E-state index in [9.17, 15) is 4.79 Å². The molecular weight excluding hydrogens is 178 g/mol. The lowest BCUT2D eigenvalue weighted by atomic mass is 9.94. The van der Waals surface area contributed by atoms with Crippen molar-refractivity contribution in [1.29, 1.82) is 0 Å². The quantitative estimate of drug-likeness (QED) is 0.647. The topological polar surface area (TPSA) is 58.4 Å². The molecule has 4 heteroatoms. The smallest absolute Gasteiger partial charge is 0.236 e. The Hall–Kier alpha value is -0.610. The average Bonchev–Trinajstić information content (AvgIpc) is 2.09. The molecule has 3 N–H and O–H groups in total. The van der Waals surface area contributed by atoms with Crippen molar-refractivity contribution in [2.24, 2.45) is 11.7 Å². The van der Waals surface area contributed by atoms with Crippen LogP contribution >= 0.6 is 0 Å². The molecule has 0 aromatic rings. The van der Waals surface area contributed by atoms with Crippen molar-refractivity contribution in [2.75, 3.05) is 20.1 Å². The second-order valence-corrected chi connectivity index (χ2v) is 4.43. The van der Waals surface area contributed by atoms with Gasteiger partial charge in [-0.25, -0.2) is 0 Å². The molecule has 0 aromatic heterocycles. The Labute approximate surface area is 85.8 Å². The number of nitrogens with two attached hydrogens (primary N) is 1. The van der Waals surface area contributed by atoms with Gasteiger partial charge >= 0.3 is 0 Å². The number of hydrogen-bond acceptors (Lipinski definition) is 3. The van der Waals surface area contributed by atoms with Gasteiger partial charge in [0.15, 0.2) is 0 Å². The maximum absolute atomic E-state index is 11.4. The molecule has 1 aliphatic heterocycles. The number of carbonyl (C=O) groups is 1. The molecule has 3 atom stereocenters. The number of amides is 1. The first-order valence-corrected chi connectivity index (χ1v) is 5.25. The van der Waals surface area contributed by atoms with Gasteiger partial charge in [-0.15, -0.1) is 0 Å². The predicted molar refractivity (Wildman–Crippen MR) is 56.9 cm³/mol. The van der Waals surface area contributed by atoms with Crippen LogP contribution in [0, 0.1) is 5.92 Å². The van der Waals surface area contributed by atoms with Crippen molar-refractivity contribution < 1.29 is 4.79 Å². The van der Waals surface area contributed by atoms with E-state index in [0.29, 0.717) is 12.0 Å². The normalized spacial score (nSPS) is 31.1. The Morgan fingerprint density at radius 3 is 2.79 bits per heavy atom. The summed E-state index contributed by atoms with van der Waals surface area (Å²) in [4.78, 5) is 13.7. The van der Waals surface area contributed by atoms with Crippen LogP contribution in [0.5, 0.6) is 0 Å². The second-order valence-electron chi connectivity index (χ2n) is 4.43. The molecule has 0 saturated carbocycles. The van der Waals surface area contributed by atoms with Crippen LogP contribution in [0.25, 0.3) is 0 Å². The van der Waals surface area contributed by atoms with E-state index in [4.69, 9.17) is 5.73 Å². The van der Waals surface area contributed by atoms with Crippen LogP contribution in [-0.2, 0) is 4.79 Å². The van der Waals surface area contributed by atoms with Crippen LogP contribution in [-0.4, -0.2) is 43.0 Å². The number of nitrogens with one attached hydrogen (secondary N) is 1. The molecular formula is C10H21N3O. The number of carbonyl (C=O) groups excluding carboxylic acids is 1. The zero-order valence-electron chi connectivity index (χ0n) is 9.29. The van der Waals surface area contributed by atoms with Crippen LogP contribution in [0.3, 0.4) is 0 Å². The number of piperidine rings is 1. The highest BCUT2D eigenvalue weighted by molar-refractivity contribution is 5.81. The molecule has 3 unspecified atom stereocenters. The molecule has 1 rings (SSSR count). The molecule has 82 valence electrons. The Balaban J connectivity index is 2.41. The highest BCUT2D eigenvalue weighted by Crippen LogP contribution is 2.15. The predicted octanol–water partition coefficient (Wildman–Crippen LogP) is -0.210. The van der Waals surface area contributed by atoms with Gasteiger partial charge in [0.2, 0.25) is 5.91 Å². The highest BCUT2D eigenvalue weighted by atomic mass is 16.2. The number of hydrogen-bond donors (Lipinski definition) is 2. The van der Waals surface area contributed by atoms with E-state index in [-0.39, 0.29) is 5.91 Å². The van der Waals surface area contributed by atoms with Crippen LogP contribution in [0.4, 0.5) is 0 Å². The fourth-order valence-electron chi connectivity index (χ4n) is 1.88. The van der Waals surface area contributed by atoms with E-state index in [1.807, 2.05) is 0 Å². The summed E-state index contributed by atoms with van der Waals surface area (Å²) >= 11 is 0. The molecule has 1 heterocycles. The second kappa shape index (κ2) is 4.75. The molecule has 0 spiro atoms. The Morgan fingerprint density at radius 1 is 1.64 bits per heavy atom. The largest absolute Gasteiger partial charge is 0.352 e. The summed E-state index contributed by atoms with van der Waals surface area (Å²) in [5, 5.41) is 3.00. The van der Waals surface area contributed by atoms with Crippen LogP contribution < -0.4 is 11.1 Å². The summed E-state index contributed by atoms with van der Waals surface area (Å²) in [5.74, 6) is 0.475. The first-order valence-electron chi connectivity index (χ1n) is 5.25. The zero-order chi connectivity index (χ0) is 10.7. The minimum absolute atomic E-state index is 0.0357. The lowest BCUT2D eigenvalue weighted by Crippen LogP contribution is -2.52. The van der Waals surface area contributed by atoms with Gasteiger partial charge in [0.05, 0.1) is 6.04 Å². The molecule has 14 heavy (non-hydrogen) atoms. The van der Waals surface area contributed by atoms with Gasteiger partial charge in [-0.3, -0.25) is 4.79 Å². The van der Waals surface area contributed by atoms with E-state index < -0.39 is 6.04 Å². The summed E-state index contributed by atoms with van der Waals surface area (Å²) in [5.41, 5.74) is 5.50. The van der Waals surface area contributed by atoms with Gasteiger partial charge < -0.3 is 16.0 Å². The molecule has 0 aromatic carbocycles. The molecule has 1 amide bonds. The highest BCUT2D eigenvalue weighted by Gasteiger charge is 2.25. The lowest BCUT2D eigenvalue weighted by Gasteiger charge is -2.35. The average molecular weight is 199 g/mol. The van der Waals surface area contributed by atoms with Gasteiger partial charge in [0.25, 0.3) is 0 Å². The summed E-state index contributed by atoms with van der Waals surface area (Å²) < 4.78 is 0. The monoisotopic (exact) mass is 199 g/mol. The standard InChI is InChI=1S/C10H21N3O/c1-7-6-13(3)5-4-9(7)12-10(14)8(2)11/h7-9H,4-6,11H2,1-3H3,(H,12,14). The van der Waals surface area contributed by atoms with Crippen molar-refractivity contribution in [3.8, 4) is 0 Å². The van der Waals surface area contributed by atoms with Gasteiger partial charge in [-0.05, 0) is 32.9 Å². The van der Waals surface area contributed by atoms with Crippen LogP contribution in [0.2, 0.25) is 0 Å². The molecule has 1 fully saturated rings. The summed E-state index contributed by atoms with van der Waals surface area (Å²) in [6.45, 7) is 5.98. The van der Waals surface area contributed by atoms with Crippen LogP contribution in [0.1, 0.15) is 20.3 Å². The van der Waals surface area contributed by atoms with Gasteiger partial charge in [0.1, 0.15) is 0 Å². The molecule has 4 nitrogen and oxygen atoms in total. The zero-order valence-corrected chi connectivity index (χ0v) is 9.29. The van der Waals surface area contributed by atoms with Crippen molar-refractivity contribution in [3.63, 3.8) is 0 Å². The number of rotatable bonds is 2. The fraction of sp³-hybridized carbons (Fsp3) is 0.900. The maximum Gasteiger partial charge on any atom is 0.236 e. The van der Waals surface area contributed by atoms with E-state index in [1.54, 1.807) is 6.92 Å². The van der Waals surface area contributed by atoms with Crippen molar-refractivity contribution >= 4 is 5.91 Å². The minimum Gasteiger partial charge on any atom is -0.352 e. The molecule has 0 bridgehead atoms. The summed E-state index contributed by atoms with van der Waals surface area (Å²) in [6.07, 6.45) is 1.02. The van der Waals surface area contributed by atoms with Crippen molar-refractivity contribution in [2.45, 2.75) is 32.4 Å². The van der Waals surface area contributed by atoms with Gasteiger partial charge in [0, 0.05) is 12.6 Å². The third-order valence-electron chi connectivity index (χ3n) is 2.85. The third-order valence-corrected chi connectivity index (χ3v) is 2.85. The first-order chi connectivity index (χ1) is 6.50. The van der Waals surface area contributed by atoms with Gasteiger partial charge in [-0.2, -0.15) is 0 Å². The number of likely N-dealkylation sites (tertiary alicyclic amines) is 1. The molecule has 0 radical (unpaired) electrons. The first kappa shape index (κ1) is 11.5. The van der Waals surface area contributed by atoms with Crippen molar-refractivity contribution in [3.05, 3.63) is 0 Å². The maximum atomic E-state index is 11.4. The fourth-order valence-corrected chi connectivity index (χ4v) is 1.88. The lowest BCUT2D eigenvalue weighted by molar-refractivity contribution is -0.123. The number of nitrogens with zero attached hydrogens (tertiary/aromatic N) is 1. The van der Waals surface area contributed by atoms with Crippen LogP contribution in [0.15, 0.2) is 0 Å². The Kier molecular flexibility index (Phi) is 3.89. The summed E-state index contributed by atoms with van der Waals surface area (Å²) in [7, 11) is 2.11. The Morgan fingerprint density at radius 2 is 2.29 bits per heavy atom. The van der Waals surface area contributed by atoms with E-state index >= 15 is 0 Å².